The maximum atomic E-state index is 13.5. The zero-order valence-corrected chi connectivity index (χ0v) is 15.9. The highest BCUT2D eigenvalue weighted by Crippen LogP contribution is 2.21. The highest BCUT2D eigenvalue weighted by molar-refractivity contribution is 6.36. The summed E-state index contributed by atoms with van der Waals surface area (Å²) in [6.07, 6.45) is -0.295. The maximum Gasteiger partial charge on any atom is 0.288 e. The molecule has 0 saturated carbocycles. The van der Waals surface area contributed by atoms with E-state index in [-0.39, 0.29) is 23.8 Å². The first-order valence-electron chi connectivity index (χ1n) is 8.34. The van der Waals surface area contributed by atoms with Crippen molar-refractivity contribution in [2.45, 2.75) is 18.9 Å². The van der Waals surface area contributed by atoms with Gasteiger partial charge in [-0.15, -0.1) is 0 Å². The normalized spacial score (nSPS) is 12.7. The van der Waals surface area contributed by atoms with Crippen LogP contribution in [0.1, 0.15) is 18.1 Å². The number of halogens is 3. The average Bonchev–Trinajstić information content (AvgIpc) is 2.63. The van der Waals surface area contributed by atoms with Crippen molar-refractivity contribution >= 4 is 23.3 Å². The van der Waals surface area contributed by atoms with Crippen LogP contribution in [0, 0.1) is 11.6 Å². The summed E-state index contributed by atoms with van der Waals surface area (Å²) < 4.78 is 26.8. The van der Waals surface area contributed by atoms with Gasteiger partial charge in [-0.25, -0.2) is 8.78 Å². The van der Waals surface area contributed by atoms with Crippen molar-refractivity contribution in [3.8, 4) is 0 Å². The second-order valence-electron chi connectivity index (χ2n) is 6.52. The number of nitrogens with one attached hydrogen (secondary N) is 2. The van der Waals surface area contributed by atoms with E-state index in [1.165, 1.54) is 36.4 Å². The molecule has 0 fully saturated rings. The van der Waals surface area contributed by atoms with Gasteiger partial charge in [-0.2, -0.15) is 0 Å². The Morgan fingerprint density at radius 2 is 1.82 bits per heavy atom. The Morgan fingerprint density at radius 3 is 2.39 bits per heavy atom. The van der Waals surface area contributed by atoms with Gasteiger partial charge in [-0.3, -0.25) is 9.59 Å². The number of ketones is 1. The van der Waals surface area contributed by atoms with Crippen LogP contribution in [0.25, 0.3) is 0 Å². The molecule has 8 heteroatoms. The highest BCUT2D eigenvalue weighted by atomic mass is 35.5. The Balaban J connectivity index is 2.18. The monoisotopic (exact) mass is 407 g/mol. The lowest BCUT2D eigenvalue weighted by atomic mass is 9.91. The Kier molecular flexibility index (Phi) is 6.75. The Morgan fingerprint density at radius 1 is 1.18 bits per heavy atom. The topological polar surface area (TPSA) is 84.2 Å². The van der Waals surface area contributed by atoms with Crippen molar-refractivity contribution in [1.29, 1.82) is 0 Å². The van der Waals surface area contributed by atoms with E-state index in [1.807, 2.05) is 0 Å². The minimum atomic E-state index is -1.08. The second-order valence-corrected chi connectivity index (χ2v) is 6.93. The van der Waals surface area contributed by atoms with Crippen molar-refractivity contribution in [1.82, 2.24) is 10.6 Å². The number of hydrogen-bond donors (Lipinski definition) is 3. The molecule has 0 aliphatic heterocycles. The van der Waals surface area contributed by atoms with Crippen LogP contribution in [0.15, 0.2) is 54.9 Å². The van der Waals surface area contributed by atoms with Gasteiger partial charge in [0.05, 0.1) is 16.4 Å². The van der Waals surface area contributed by atoms with Crippen molar-refractivity contribution < 1.29 is 18.4 Å². The zero-order valence-electron chi connectivity index (χ0n) is 15.2. The van der Waals surface area contributed by atoms with Crippen LogP contribution < -0.4 is 16.4 Å². The van der Waals surface area contributed by atoms with Crippen LogP contribution in [-0.2, 0) is 21.5 Å². The highest BCUT2D eigenvalue weighted by Gasteiger charge is 2.31. The van der Waals surface area contributed by atoms with E-state index in [1.54, 1.807) is 6.92 Å². The van der Waals surface area contributed by atoms with E-state index in [9.17, 15) is 18.4 Å². The number of rotatable bonds is 8. The number of benzene rings is 2. The van der Waals surface area contributed by atoms with E-state index >= 15 is 0 Å². The van der Waals surface area contributed by atoms with E-state index in [0.717, 1.165) is 6.07 Å². The lowest BCUT2D eigenvalue weighted by Gasteiger charge is -2.32. The maximum absolute atomic E-state index is 13.5. The van der Waals surface area contributed by atoms with E-state index < -0.39 is 28.9 Å². The zero-order chi connectivity index (χ0) is 20.9. The molecule has 0 aromatic heterocycles. The number of carbonyl (C=O) groups excluding carboxylic acids is 2. The van der Waals surface area contributed by atoms with Crippen LogP contribution in [0.4, 0.5) is 8.78 Å². The first-order chi connectivity index (χ1) is 13.1. The summed E-state index contributed by atoms with van der Waals surface area (Å²) >= 11 is 5.62. The fourth-order valence-corrected chi connectivity index (χ4v) is 2.68. The summed E-state index contributed by atoms with van der Waals surface area (Å²) in [7, 11) is 0. The molecular weight excluding hydrogens is 388 g/mol. The molecule has 2 aromatic rings. The molecule has 1 unspecified atom stereocenters. The fraction of sp³-hybridized carbons (Fsp3) is 0.200. The quantitative estimate of drug-likeness (QED) is 0.587. The van der Waals surface area contributed by atoms with Gasteiger partial charge in [-0.1, -0.05) is 36.4 Å². The molecule has 0 saturated heterocycles. The van der Waals surface area contributed by atoms with Crippen molar-refractivity contribution in [3.63, 3.8) is 0 Å². The number of amides is 1. The number of nitrogens with two attached hydrogens (primary N) is 1. The SMILES string of the molecule is C=C(N)NCC(C)(NC(=O)C(=O)Cc1ccc(Cl)c(F)c1)c1ccc(F)cc1. The largest absolute Gasteiger partial charge is 0.386 e. The minimum absolute atomic E-state index is 0.0716. The lowest BCUT2D eigenvalue weighted by Crippen LogP contribution is -2.52. The number of Topliss-reactive ketones (excluding diaryl/α,β-unsaturated/α-hetero) is 1. The van der Waals surface area contributed by atoms with E-state index in [0.29, 0.717) is 11.1 Å². The van der Waals surface area contributed by atoms with Gasteiger partial charge < -0.3 is 16.4 Å². The molecule has 2 aromatic carbocycles. The summed E-state index contributed by atoms with van der Waals surface area (Å²) in [5.74, 6) is -2.57. The summed E-state index contributed by atoms with van der Waals surface area (Å²) in [5, 5.41) is 5.38. The average molecular weight is 408 g/mol. The summed E-state index contributed by atoms with van der Waals surface area (Å²) in [4.78, 5) is 24.8. The van der Waals surface area contributed by atoms with Gasteiger partial charge in [0.1, 0.15) is 11.6 Å². The standard InChI is InChI=1S/C20H20ClF2N3O2/c1-12(24)25-11-20(2,14-4-6-15(22)7-5-14)26-19(28)18(27)10-13-3-8-16(21)17(23)9-13/h3-9,25H,1,10-11,24H2,2H3,(H,26,28). The lowest BCUT2D eigenvalue weighted by molar-refractivity contribution is -0.138. The molecule has 28 heavy (non-hydrogen) atoms. The van der Waals surface area contributed by atoms with E-state index in [2.05, 4.69) is 17.2 Å². The molecule has 5 nitrogen and oxygen atoms in total. The van der Waals surface area contributed by atoms with Crippen molar-refractivity contribution in [2.24, 2.45) is 5.73 Å². The molecule has 0 bridgehead atoms. The second kappa shape index (κ2) is 8.84. The Labute approximate surface area is 166 Å². The van der Waals surface area contributed by atoms with Gasteiger partial charge in [-0.05, 0) is 42.3 Å². The van der Waals surface area contributed by atoms with Gasteiger partial charge >= 0.3 is 0 Å². The van der Waals surface area contributed by atoms with Crippen molar-refractivity contribution in [2.75, 3.05) is 6.54 Å². The van der Waals surface area contributed by atoms with Crippen molar-refractivity contribution in [3.05, 3.63) is 82.6 Å². The molecule has 148 valence electrons. The van der Waals surface area contributed by atoms with Crippen LogP contribution in [0.3, 0.4) is 0 Å². The van der Waals surface area contributed by atoms with Crippen LogP contribution in [0.2, 0.25) is 5.02 Å². The smallest absolute Gasteiger partial charge is 0.288 e. The fourth-order valence-electron chi connectivity index (χ4n) is 2.56. The molecule has 1 amide bonds. The van der Waals surface area contributed by atoms with Gasteiger partial charge in [0.15, 0.2) is 0 Å². The molecule has 0 spiro atoms. The summed E-state index contributed by atoms with van der Waals surface area (Å²) in [6, 6.07) is 9.37. The van der Waals surface area contributed by atoms with E-state index in [4.69, 9.17) is 17.3 Å². The molecule has 0 aliphatic rings. The Hall–Kier alpha value is -2.93. The van der Waals surface area contributed by atoms with Gasteiger partial charge in [0.25, 0.3) is 5.91 Å². The minimum Gasteiger partial charge on any atom is -0.386 e. The summed E-state index contributed by atoms with van der Waals surface area (Å²) in [6.45, 7) is 5.30. The van der Waals surface area contributed by atoms with Crippen LogP contribution in [0.5, 0.6) is 0 Å². The third-order valence-electron chi connectivity index (χ3n) is 4.14. The van der Waals surface area contributed by atoms with Gasteiger partial charge in [0.2, 0.25) is 5.78 Å². The Bertz CT molecular complexity index is 903. The number of carbonyl (C=O) groups is 2. The third-order valence-corrected chi connectivity index (χ3v) is 4.45. The molecule has 0 heterocycles. The number of hydrogen-bond acceptors (Lipinski definition) is 4. The first kappa shape index (κ1) is 21.4. The van der Waals surface area contributed by atoms with Crippen LogP contribution >= 0.6 is 11.6 Å². The first-order valence-corrected chi connectivity index (χ1v) is 8.72. The third kappa shape index (κ3) is 5.53. The molecule has 2 rings (SSSR count). The molecular formula is C20H20ClF2N3O2. The van der Waals surface area contributed by atoms with Crippen LogP contribution in [-0.4, -0.2) is 18.2 Å². The molecule has 0 aliphatic carbocycles. The predicted molar refractivity (Wildman–Crippen MR) is 103 cm³/mol. The van der Waals surface area contributed by atoms with Gasteiger partial charge in [0, 0.05) is 13.0 Å². The predicted octanol–water partition coefficient (Wildman–Crippen LogP) is 2.78. The molecule has 0 radical (unpaired) electrons. The molecule has 1 atom stereocenters. The summed E-state index contributed by atoms with van der Waals surface area (Å²) in [5.41, 5.74) is 5.33. The molecule has 4 N–H and O–H groups in total.